The van der Waals surface area contributed by atoms with Gasteiger partial charge in [0.2, 0.25) is 5.75 Å². The average Bonchev–Trinajstić information content (AvgIpc) is 3.04. The first-order valence-corrected chi connectivity index (χ1v) is 10.1. The van der Waals surface area contributed by atoms with Gasteiger partial charge in [-0.3, -0.25) is 4.79 Å². The lowest BCUT2D eigenvalue weighted by Crippen LogP contribution is -2.02. The third-order valence-corrected chi connectivity index (χ3v) is 5.31. The summed E-state index contributed by atoms with van der Waals surface area (Å²) in [4.78, 5) is 12.8. The number of hydrogen-bond donors (Lipinski definition) is 0. The van der Waals surface area contributed by atoms with Crippen molar-refractivity contribution < 1.29 is 19.0 Å². The molecule has 1 heterocycles. The second-order valence-corrected chi connectivity index (χ2v) is 7.40. The minimum atomic E-state index is -0.221. The lowest BCUT2D eigenvalue weighted by Gasteiger charge is -2.13. The van der Waals surface area contributed by atoms with Gasteiger partial charge in [0.15, 0.2) is 17.3 Å². The summed E-state index contributed by atoms with van der Waals surface area (Å²) < 4.78 is 17.7. The molecule has 0 N–H and O–H groups in total. The van der Waals surface area contributed by atoms with Crippen molar-refractivity contribution in [3.8, 4) is 17.2 Å². The lowest BCUT2D eigenvalue weighted by molar-refractivity contribution is 0.104. The molecule has 0 saturated heterocycles. The van der Waals surface area contributed by atoms with Crippen molar-refractivity contribution in [2.45, 2.75) is 20.4 Å². The molecule has 0 radical (unpaired) electrons. The summed E-state index contributed by atoms with van der Waals surface area (Å²) in [6.07, 6.45) is 3.15. The zero-order valence-electron chi connectivity index (χ0n) is 18.2. The molecule has 31 heavy (non-hydrogen) atoms. The van der Waals surface area contributed by atoms with Gasteiger partial charge < -0.3 is 14.2 Å². The summed E-state index contributed by atoms with van der Waals surface area (Å²) in [5.74, 6) is 1.04. The van der Waals surface area contributed by atoms with Gasteiger partial charge in [0.25, 0.3) is 0 Å². The zero-order valence-corrected chi connectivity index (χ0v) is 19.0. The molecule has 0 aliphatic heterocycles. The van der Waals surface area contributed by atoms with Gasteiger partial charge in [-0.1, -0.05) is 41.4 Å². The van der Waals surface area contributed by atoms with Crippen LogP contribution in [0.3, 0.4) is 0 Å². The van der Waals surface area contributed by atoms with Crippen molar-refractivity contribution in [1.29, 1.82) is 0 Å². The number of halogens is 1. The third kappa shape index (κ3) is 4.91. The predicted octanol–water partition coefficient (Wildman–Crippen LogP) is 5.12. The highest BCUT2D eigenvalue weighted by Gasteiger charge is 2.17. The molecule has 0 atom stereocenters. The Bertz CT molecular complexity index is 1090. The van der Waals surface area contributed by atoms with Crippen LogP contribution in [-0.2, 0) is 6.54 Å². The molecule has 7 heteroatoms. The molecule has 0 aliphatic carbocycles. The first kappa shape index (κ1) is 22.4. The third-order valence-electron chi connectivity index (χ3n) is 4.91. The van der Waals surface area contributed by atoms with Crippen molar-refractivity contribution in [3.63, 3.8) is 0 Å². The van der Waals surface area contributed by atoms with Crippen molar-refractivity contribution in [1.82, 2.24) is 9.78 Å². The largest absolute Gasteiger partial charge is 0.493 e. The quantitative estimate of drug-likeness (QED) is 0.359. The Hall–Kier alpha value is -3.25. The molecule has 2 aromatic carbocycles. The summed E-state index contributed by atoms with van der Waals surface area (Å²) in [5.41, 5.74) is 4.15. The van der Waals surface area contributed by atoms with E-state index in [1.165, 1.54) is 33.0 Å². The van der Waals surface area contributed by atoms with Gasteiger partial charge in [0, 0.05) is 11.1 Å². The van der Waals surface area contributed by atoms with Crippen LogP contribution in [0.15, 0.2) is 42.5 Å². The summed E-state index contributed by atoms with van der Waals surface area (Å²) in [6, 6.07) is 11.4. The molecule has 0 amide bonds. The molecule has 0 aliphatic rings. The molecular weight excluding hydrogens is 416 g/mol. The van der Waals surface area contributed by atoms with Crippen LogP contribution in [0.1, 0.15) is 32.7 Å². The van der Waals surface area contributed by atoms with E-state index in [0.717, 1.165) is 11.3 Å². The van der Waals surface area contributed by atoms with Crippen LogP contribution in [-0.4, -0.2) is 36.9 Å². The highest BCUT2D eigenvalue weighted by molar-refractivity contribution is 6.31. The van der Waals surface area contributed by atoms with Crippen molar-refractivity contribution >= 4 is 23.5 Å². The normalized spacial score (nSPS) is 11.0. The number of aromatic nitrogens is 2. The fraction of sp³-hybridized carbons (Fsp3) is 0.250. The number of allylic oxidation sites excluding steroid dienone is 1. The second kappa shape index (κ2) is 9.71. The maximum atomic E-state index is 12.8. The number of hydrogen-bond acceptors (Lipinski definition) is 5. The number of rotatable bonds is 8. The van der Waals surface area contributed by atoms with Crippen molar-refractivity contribution in [2.75, 3.05) is 21.3 Å². The number of carbonyl (C=O) groups is 1. The standard InChI is InChI=1S/C24H25ClN2O4/c1-15-6-8-17(9-7-15)14-27-24(25)19(16(2)26-27)10-11-20(28)18-12-21(29-3)23(31-5)22(13-18)30-4/h6-13H,14H2,1-5H3/b11-10+. The van der Waals surface area contributed by atoms with Gasteiger partial charge in [-0.05, 0) is 43.7 Å². The maximum Gasteiger partial charge on any atom is 0.203 e. The summed E-state index contributed by atoms with van der Waals surface area (Å²) >= 11 is 6.56. The van der Waals surface area contributed by atoms with Gasteiger partial charge in [0.1, 0.15) is 5.15 Å². The smallest absolute Gasteiger partial charge is 0.203 e. The molecular formula is C24H25ClN2O4. The van der Waals surface area contributed by atoms with E-state index in [-0.39, 0.29) is 5.78 Å². The Balaban J connectivity index is 1.86. The minimum absolute atomic E-state index is 0.221. The Morgan fingerprint density at radius 2 is 1.65 bits per heavy atom. The van der Waals surface area contributed by atoms with Crippen LogP contribution in [0.5, 0.6) is 17.2 Å². The molecule has 0 spiro atoms. The van der Waals surface area contributed by atoms with Crippen molar-refractivity contribution in [2.24, 2.45) is 0 Å². The number of carbonyl (C=O) groups excluding carboxylic acids is 1. The van der Waals surface area contributed by atoms with Crippen molar-refractivity contribution in [3.05, 3.63) is 75.6 Å². The zero-order chi connectivity index (χ0) is 22.5. The lowest BCUT2D eigenvalue weighted by atomic mass is 10.1. The van der Waals surface area contributed by atoms with Crippen LogP contribution < -0.4 is 14.2 Å². The van der Waals surface area contributed by atoms with Crippen LogP contribution >= 0.6 is 11.6 Å². The van der Waals surface area contributed by atoms with E-state index in [1.807, 2.05) is 26.0 Å². The van der Waals surface area contributed by atoms with Gasteiger partial charge in [0.05, 0.1) is 33.6 Å². The molecule has 0 unspecified atom stereocenters. The predicted molar refractivity (Wildman–Crippen MR) is 122 cm³/mol. The Labute approximate surface area is 187 Å². The van der Waals surface area contributed by atoms with E-state index >= 15 is 0 Å². The van der Waals surface area contributed by atoms with Gasteiger partial charge in [-0.25, -0.2) is 4.68 Å². The topological polar surface area (TPSA) is 62.6 Å². The molecule has 6 nitrogen and oxygen atoms in total. The molecule has 1 aromatic heterocycles. The number of benzene rings is 2. The minimum Gasteiger partial charge on any atom is -0.493 e. The van der Waals surface area contributed by atoms with E-state index in [1.54, 1.807) is 22.9 Å². The van der Waals surface area contributed by atoms with E-state index in [2.05, 4.69) is 17.2 Å². The molecule has 162 valence electrons. The Morgan fingerprint density at radius 1 is 1.03 bits per heavy atom. The van der Waals surface area contributed by atoms with Gasteiger partial charge in [-0.2, -0.15) is 5.10 Å². The summed E-state index contributed by atoms with van der Waals surface area (Å²) in [6.45, 7) is 4.46. The average molecular weight is 441 g/mol. The first-order valence-electron chi connectivity index (χ1n) is 9.68. The molecule has 0 fully saturated rings. The number of ketones is 1. The molecule has 0 bridgehead atoms. The van der Waals surface area contributed by atoms with Crippen LogP contribution in [0.25, 0.3) is 6.08 Å². The highest BCUT2D eigenvalue weighted by Crippen LogP contribution is 2.38. The SMILES string of the molecule is COc1cc(C(=O)/C=C/c2c(C)nn(Cc3ccc(C)cc3)c2Cl)cc(OC)c1OC. The molecule has 3 aromatic rings. The monoisotopic (exact) mass is 440 g/mol. The molecule has 3 rings (SSSR count). The summed E-state index contributed by atoms with van der Waals surface area (Å²) in [5, 5.41) is 5.00. The first-order chi connectivity index (χ1) is 14.9. The number of aryl methyl sites for hydroxylation is 2. The fourth-order valence-electron chi connectivity index (χ4n) is 3.21. The second-order valence-electron chi connectivity index (χ2n) is 7.04. The van der Waals surface area contributed by atoms with Crippen LogP contribution in [0.2, 0.25) is 5.15 Å². The van der Waals surface area contributed by atoms with E-state index in [4.69, 9.17) is 25.8 Å². The van der Waals surface area contributed by atoms with Crippen LogP contribution in [0, 0.1) is 13.8 Å². The van der Waals surface area contributed by atoms with E-state index in [0.29, 0.717) is 40.1 Å². The Kier molecular flexibility index (Phi) is 7.02. The van der Waals surface area contributed by atoms with Crippen LogP contribution in [0.4, 0.5) is 0 Å². The fourth-order valence-corrected chi connectivity index (χ4v) is 3.50. The number of methoxy groups -OCH3 is 3. The Morgan fingerprint density at radius 3 is 2.19 bits per heavy atom. The molecule has 0 saturated carbocycles. The maximum absolute atomic E-state index is 12.8. The highest BCUT2D eigenvalue weighted by atomic mass is 35.5. The number of nitrogens with zero attached hydrogens (tertiary/aromatic N) is 2. The van der Waals surface area contributed by atoms with Gasteiger partial charge >= 0.3 is 0 Å². The number of ether oxygens (including phenoxy) is 3. The summed E-state index contributed by atoms with van der Waals surface area (Å²) in [7, 11) is 4.53. The van der Waals surface area contributed by atoms with E-state index in [9.17, 15) is 4.79 Å². The van der Waals surface area contributed by atoms with Gasteiger partial charge in [-0.15, -0.1) is 0 Å². The van der Waals surface area contributed by atoms with E-state index < -0.39 is 0 Å².